The van der Waals surface area contributed by atoms with Crippen molar-refractivity contribution in [1.82, 2.24) is 49.3 Å². The van der Waals surface area contributed by atoms with Crippen molar-refractivity contribution in [1.29, 1.82) is 0 Å². The number of halogens is 1. The maximum absolute atomic E-state index is 13.3. The summed E-state index contributed by atoms with van der Waals surface area (Å²) in [5.41, 5.74) is 6.41. The van der Waals surface area contributed by atoms with Gasteiger partial charge in [-0.3, -0.25) is 19.2 Å². The Hall–Kier alpha value is -8.73. The molecular formula is C72H82BClN10O10. The number of rotatable bonds is 8. The first-order valence-corrected chi connectivity index (χ1v) is 32.3. The second-order valence-electron chi connectivity index (χ2n) is 27.7. The van der Waals surface area contributed by atoms with E-state index in [9.17, 15) is 28.8 Å². The van der Waals surface area contributed by atoms with Gasteiger partial charge in [0.1, 0.15) is 16.4 Å². The first-order chi connectivity index (χ1) is 44.5. The van der Waals surface area contributed by atoms with Crippen molar-refractivity contribution in [3.63, 3.8) is 0 Å². The Labute approximate surface area is 553 Å². The molecule has 5 amide bonds. The number of piperazine rings is 2. The molecule has 3 fully saturated rings. The van der Waals surface area contributed by atoms with E-state index in [1.165, 1.54) is 4.57 Å². The van der Waals surface area contributed by atoms with Gasteiger partial charge in [0.15, 0.2) is 0 Å². The van der Waals surface area contributed by atoms with Gasteiger partial charge in [0.2, 0.25) is 11.8 Å². The van der Waals surface area contributed by atoms with Crippen molar-refractivity contribution in [3.05, 3.63) is 159 Å². The number of nitrogens with one attached hydrogen (secondary N) is 2. The molecule has 0 atom stereocenters. The third-order valence-corrected chi connectivity index (χ3v) is 17.9. The second-order valence-corrected chi connectivity index (χ2v) is 28.1. The summed E-state index contributed by atoms with van der Waals surface area (Å²) in [6, 6.07) is 27.5. The zero-order chi connectivity index (χ0) is 67.2. The molecule has 0 aliphatic carbocycles. The van der Waals surface area contributed by atoms with Crippen LogP contribution in [0.3, 0.4) is 0 Å². The quantitative estimate of drug-likeness (QED) is 0.107. The average molecular weight is 1290 g/mol. The third kappa shape index (κ3) is 14.8. The van der Waals surface area contributed by atoms with Gasteiger partial charge < -0.3 is 48.7 Å². The van der Waals surface area contributed by atoms with E-state index in [0.29, 0.717) is 46.9 Å². The molecule has 0 spiro atoms. The van der Waals surface area contributed by atoms with Gasteiger partial charge in [0.25, 0.3) is 11.8 Å². The number of imide groups is 1. The summed E-state index contributed by atoms with van der Waals surface area (Å²) in [6.07, 6.45) is 9.11. The van der Waals surface area contributed by atoms with E-state index in [0.717, 1.165) is 118 Å². The van der Waals surface area contributed by atoms with Crippen molar-refractivity contribution < 1.29 is 47.5 Å². The van der Waals surface area contributed by atoms with Crippen LogP contribution in [-0.2, 0) is 54.3 Å². The lowest BCUT2D eigenvalue weighted by molar-refractivity contribution is -0.132. The Bertz CT molecular complexity index is 4340. The number of hydrogen-bond donors (Lipinski definition) is 2. The molecule has 5 aliphatic heterocycles. The van der Waals surface area contributed by atoms with Crippen LogP contribution in [0.2, 0.25) is 5.15 Å². The number of benzene rings is 4. The molecule has 3 saturated heterocycles. The summed E-state index contributed by atoms with van der Waals surface area (Å²) < 4.78 is 24.4. The molecule has 94 heavy (non-hydrogen) atoms. The highest BCUT2D eigenvalue weighted by atomic mass is 35.5. The van der Waals surface area contributed by atoms with Crippen molar-refractivity contribution in [2.24, 2.45) is 0 Å². The van der Waals surface area contributed by atoms with Gasteiger partial charge in [0, 0.05) is 97.4 Å². The molecule has 0 saturated carbocycles. The Kier molecular flexibility index (Phi) is 18.9. The van der Waals surface area contributed by atoms with Gasteiger partial charge in [-0.15, -0.1) is 0 Å². The van der Waals surface area contributed by atoms with Crippen LogP contribution in [0.25, 0.3) is 61.6 Å². The van der Waals surface area contributed by atoms with E-state index in [4.69, 9.17) is 35.4 Å². The lowest BCUT2D eigenvalue weighted by Gasteiger charge is -2.32. The van der Waals surface area contributed by atoms with Gasteiger partial charge in [0.05, 0.1) is 70.7 Å². The minimum atomic E-state index is -0.771. The predicted octanol–water partition coefficient (Wildman–Crippen LogP) is 11.6. The number of likely N-dealkylation sites (N-methyl/N-ethyl adjacent to an activating group) is 2. The van der Waals surface area contributed by atoms with Gasteiger partial charge in [-0.05, 0) is 129 Å². The molecule has 0 radical (unpaired) electrons. The highest BCUT2D eigenvalue weighted by molar-refractivity contribution is 6.52. The first kappa shape index (κ1) is 66.7. The molecular weight excluding hydrogens is 1210 g/mol. The largest absolute Gasteiger partial charge is 0.487 e. The van der Waals surface area contributed by atoms with Gasteiger partial charge in [-0.2, -0.15) is 0 Å². The van der Waals surface area contributed by atoms with Crippen LogP contribution in [0.15, 0.2) is 103 Å². The predicted molar refractivity (Wildman–Crippen MR) is 367 cm³/mol. The van der Waals surface area contributed by atoms with Crippen molar-refractivity contribution in [2.75, 3.05) is 66.5 Å². The minimum Gasteiger partial charge on any atom is -0.443 e. The number of carbonyl (C=O) groups is 6. The number of fused-ring (bicyclic) bond motifs is 10. The van der Waals surface area contributed by atoms with E-state index in [2.05, 4.69) is 57.4 Å². The molecule has 4 aromatic heterocycles. The van der Waals surface area contributed by atoms with Crippen molar-refractivity contribution in [3.8, 4) is 0 Å². The molecule has 0 unspecified atom stereocenters. The molecule has 0 bridgehead atoms. The standard InChI is InChI=1S/C28H27N5O2.C23H24ClN3O5.C21H31BN2O3/c1-32-9-11-33(12-10-32)25(34)14-19-4-2-3-18(13-19)5-7-21-15-23-20(16-29-21)6-8-22-26-24(31-27(22)23)17-30-28(26)35;1-22(2,3)31-20(29)26-11-15-17(19(26)28)13-8-7-12-10-25-16(24)9-14(12)18(13)27(15)21(30)32-23(4,5)6;1-20(2)21(3,4)27-22(26-20)10-9-17-7-6-8-18(15-17)16-19(25)24-13-11-23(5)12-14-24/h2-8,13,15-16,29H,9-12,14,17H2,1H3,(H,30,35);7-10H,11H2,1-6H3;6-10,15H,11-14,16H2,1-5H3/b7-5+;;10-9+. The molecule has 20 nitrogen and oxygen atoms in total. The smallest absolute Gasteiger partial charge is 0.443 e. The van der Waals surface area contributed by atoms with Gasteiger partial charge in [-0.25, -0.2) is 29.0 Å². The summed E-state index contributed by atoms with van der Waals surface area (Å²) in [6.45, 7) is 26.0. The monoisotopic (exact) mass is 1290 g/mol. The fraction of sp³-hybridized carbons (Fsp3) is 0.389. The maximum Gasteiger partial charge on any atom is 0.487 e. The minimum absolute atomic E-state index is 0.0459. The Morgan fingerprint density at radius 2 is 1.22 bits per heavy atom. The van der Waals surface area contributed by atoms with E-state index in [1.54, 1.807) is 65.9 Å². The van der Waals surface area contributed by atoms with Crippen LogP contribution in [0.5, 0.6) is 0 Å². The maximum atomic E-state index is 13.3. The zero-order valence-electron chi connectivity index (χ0n) is 55.6. The molecule has 5 aliphatic rings. The van der Waals surface area contributed by atoms with Crippen LogP contribution in [0.1, 0.15) is 129 Å². The topological polar surface area (TPSA) is 214 Å². The Morgan fingerprint density at radius 3 is 1.82 bits per heavy atom. The number of aromatic nitrogens is 4. The SMILES string of the molecule is CC(C)(C)OC(=O)N1Cc2c(c3ccc4cnc(Cl)cc4c3n2C(=O)OC(C)(C)C)C1=O.CN1CCN(C(=O)Cc2cccc(/C=C/B3OC(C)(C)C(C)(C)O3)c2)CC1.CN1CCN(C(=O)Cc2cccc(/C=C/c3cc4c(ccc5c6c(nc54)CNC6=O)c[nH]3)c2)CC1. The molecule has 4 aromatic carbocycles. The number of ether oxygens (including phenoxy) is 2. The van der Waals surface area contributed by atoms with E-state index >= 15 is 0 Å². The highest BCUT2D eigenvalue weighted by Gasteiger charge is 2.50. The number of aromatic amines is 1. The third-order valence-electron chi connectivity index (χ3n) is 17.7. The number of pyridine rings is 2. The number of hydrogen-bond acceptors (Lipinski definition) is 14. The Morgan fingerprint density at radius 1 is 0.660 bits per heavy atom. The van der Waals surface area contributed by atoms with Crippen molar-refractivity contribution >= 4 is 116 Å². The first-order valence-electron chi connectivity index (χ1n) is 31.9. The average Bonchev–Trinajstić information content (AvgIpc) is 1.56. The van der Waals surface area contributed by atoms with Crippen molar-refractivity contribution in [2.45, 2.75) is 118 Å². The summed E-state index contributed by atoms with van der Waals surface area (Å²) in [5.74, 6) is 1.76. The highest BCUT2D eigenvalue weighted by Crippen LogP contribution is 2.40. The number of H-pyrrole nitrogens is 1. The molecule has 490 valence electrons. The fourth-order valence-corrected chi connectivity index (χ4v) is 12.2. The summed E-state index contributed by atoms with van der Waals surface area (Å²) in [4.78, 5) is 98.3. The second kappa shape index (κ2) is 26.6. The van der Waals surface area contributed by atoms with Gasteiger partial charge in [-0.1, -0.05) is 103 Å². The van der Waals surface area contributed by atoms with Crippen LogP contribution in [0, 0.1) is 0 Å². The summed E-state index contributed by atoms with van der Waals surface area (Å²) in [5, 5.41) is 8.01. The number of carbonyl (C=O) groups excluding carboxylic acids is 6. The fourth-order valence-electron chi connectivity index (χ4n) is 12.0. The van der Waals surface area contributed by atoms with Crippen LogP contribution < -0.4 is 5.32 Å². The summed E-state index contributed by atoms with van der Waals surface area (Å²) in [7, 11) is 3.83. The molecule has 22 heteroatoms. The summed E-state index contributed by atoms with van der Waals surface area (Å²) >= 11 is 6.13. The molecule has 13 rings (SSSR count). The van der Waals surface area contributed by atoms with E-state index in [1.807, 2.05) is 116 Å². The normalized spacial score (nSPS) is 17.4. The number of amides is 5. The van der Waals surface area contributed by atoms with Gasteiger partial charge >= 0.3 is 19.3 Å². The van der Waals surface area contributed by atoms with E-state index < -0.39 is 29.3 Å². The molecule has 2 N–H and O–H groups in total. The van der Waals surface area contributed by atoms with E-state index in [-0.39, 0.29) is 53.3 Å². The van der Waals surface area contributed by atoms with Crippen LogP contribution in [0.4, 0.5) is 9.59 Å². The zero-order valence-corrected chi connectivity index (χ0v) is 56.4. The van der Waals surface area contributed by atoms with Crippen LogP contribution in [-0.4, -0.2) is 176 Å². The molecule has 8 aromatic rings. The lowest BCUT2D eigenvalue weighted by atomic mass is 9.89. The number of nitrogens with zero attached hydrogens (tertiary/aromatic N) is 8. The lowest BCUT2D eigenvalue weighted by Crippen LogP contribution is -2.47. The molecule has 9 heterocycles. The van der Waals surface area contributed by atoms with Crippen LogP contribution >= 0.6 is 11.6 Å². The Balaban J connectivity index is 0.000000145.